The third-order valence-corrected chi connectivity index (χ3v) is 3.49. The van der Waals surface area contributed by atoms with E-state index in [0.717, 1.165) is 6.07 Å². The van der Waals surface area contributed by atoms with E-state index in [1.54, 1.807) is 6.92 Å². The number of carbonyl (C=O) groups is 4. The van der Waals surface area contributed by atoms with Gasteiger partial charge in [0.15, 0.2) is 6.61 Å². The normalized spacial score (nSPS) is 10.2. The van der Waals surface area contributed by atoms with Gasteiger partial charge in [0, 0.05) is 0 Å². The maximum atomic E-state index is 13.5. The van der Waals surface area contributed by atoms with Crippen molar-refractivity contribution in [3.05, 3.63) is 52.5 Å². The smallest absolute Gasteiger partial charge is 0.342 e. The number of hydrogen-bond acceptors (Lipinski definition) is 7. The van der Waals surface area contributed by atoms with Crippen LogP contribution in [-0.4, -0.2) is 37.0 Å². The lowest BCUT2D eigenvalue weighted by Gasteiger charge is -2.06. The summed E-state index contributed by atoms with van der Waals surface area (Å²) in [6.07, 6.45) is 0. The number of ether oxygens (including phenoxy) is 2. The molecule has 1 heterocycles. The molecule has 0 fully saturated rings. The largest absolute Gasteiger partial charge is 0.462 e. The molecule has 0 saturated heterocycles. The highest BCUT2D eigenvalue weighted by Crippen LogP contribution is 2.27. The summed E-state index contributed by atoms with van der Waals surface area (Å²) >= 11 is 0. The summed E-state index contributed by atoms with van der Waals surface area (Å²) in [5.41, 5.74) is 4.34. The first-order chi connectivity index (χ1) is 13.3. The quantitative estimate of drug-likeness (QED) is 0.685. The summed E-state index contributed by atoms with van der Waals surface area (Å²) < 4.78 is 28.3. The van der Waals surface area contributed by atoms with Crippen LogP contribution in [0.1, 0.15) is 43.8 Å². The number of benzene rings is 1. The van der Waals surface area contributed by atoms with Crippen molar-refractivity contribution >= 4 is 29.6 Å². The van der Waals surface area contributed by atoms with E-state index in [0.29, 0.717) is 0 Å². The zero-order valence-corrected chi connectivity index (χ0v) is 15.0. The monoisotopic (exact) mass is 392 g/mol. The predicted molar refractivity (Wildman–Crippen MR) is 93.2 cm³/mol. The summed E-state index contributed by atoms with van der Waals surface area (Å²) in [7, 11) is 0. The molecule has 2 aromatic rings. The van der Waals surface area contributed by atoms with Crippen molar-refractivity contribution in [1.29, 1.82) is 0 Å². The molecule has 1 aromatic carbocycles. The zero-order valence-electron chi connectivity index (χ0n) is 15.0. The summed E-state index contributed by atoms with van der Waals surface area (Å²) in [5, 5.41) is 2.19. The van der Waals surface area contributed by atoms with Crippen molar-refractivity contribution in [2.75, 3.05) is 18.5 Å². The Hall–Kier alpha value is -3.69. The summed E-state index contributed by atoms with van der Waals surface area (Å²) in [5.74, 6) is -5.00. The van der Waals surface area contributed by atoms with E-state index in [9.17, 15) is 23.6 Å². The minimum absolute atomic E-state index is 0.00546. The van der Waals surface area contributed by atoms with E-state index >= 15 is 0 Å². The van der Waals surface area contributed by atoms with Gasteiger partial charge in [-0.05, 0) is 26.0 Å². The van der Waals surface area contributed by atoms with Gasteiger partial charge in [-0.2, -0.15) is 0 Å². The molecule has 3 N–H and O–H groups in total. The van der Waals surface area contributed by atoms with Crippen LogP contribution in [0.2, 0.25) is 0 Å². The fourth-order valence-electron chi connectivity index (χ4n) is 2.32. The minimum atomic E-state index is -1.05. The number of nitrogens with two attached hydrogens (primary N) is 1. The van der Waals surface area contributed by atoms with Crippen LogP contribution >= 0.6 is 0 Å². The van der Waals surface area contributed by atoms with Gasteiger partial charge in [0.25, 0.3) is 11.8 Å². The summed E-state index contributed by atoms with van der Waals surface area (Å²) in [4.78, 5) is 47.5. The summed E-state index contributed by atoms with van der Waals surface area (Å²) in [6.45, 7) is 2.21. The van der Waals surface area contributed by atoms with Gasteiger partial charge in [0.2, 0.25) is 5.88 Å². The first-order valence-electron chi connectivity index (χ1n) is 8.08. The molecule has 0 aliphatic heterocycles. The van der Waals surface area contributed by atoms with Crippen LogP contribution in [0, 0.1) is 12.7 Å². The van der Waals surface area contributed by atoms with Crippen molar-refractivity contribution in [2.45, 2.75) is 13.8 Å². The molecule has 0 spiro atoms. The molecule has 9 nitrogen and oxygen atoms in total. The number of amides is 2. The summed E-state index contributed by atoms with van der Waals surface area (Å²) in [6, 6.07) is 5.09. The van der Waals surface area contributed by atoms with Crippen LogP contribution in [0.3, 0.4) is 0 Å². The Kier molecular flexibility index (Phi) is 6.48. The van der Waals surface area contributed by atoms with Crippen LogP contribution in [0.25, 0.3) is 0 Å². The Labute approximate surface area is 158 Å². The standard InChI is InChI=1S/C18H17FN2O7/c1-3-26-18(25)13-9(2)28-16(14(13)15(20)23)21-12(22)8-27-17(24)10-6-4-5-7-11(10)19/h4-7H,3,8H2,1-2H3,(H2,20,23)(H,21,22). The van der Waals surface area contributed by atoms with E-state index in [2.05, 4.69) is 5.32 Å². The molecule has 10 heteroatoms. The van der Waals surface area contributed by atoms with E-state index in [1.807, 2.05) is 0 Å². The zero-order chi connectivity index (χ0) is 20.8. The lowest BCUT2D eigenvalue weighted by molar-refractivity contribution is -0.119. The minimum Gasteiger partial charge on any atom is -0.462 e. The van der Waals surface area contributed by atoms with E-state index in [1.165, 1.54) is 25.1 Å². The molecule has 0 unspecified atom stereocenters. The first-order valence-corrected chi connectivity index (χ1v) is 8.08. The second kappa shape index (κ2) is 8.80. The molecule has 28 heavy (non-hydrogen) atoms. The van der Waals surface area contributed by atoms with Gasteiger partial charge in [-0.3, -0.25) is 14.9 Å². The van der Waals surface area contributed by atoms with Crippen molar-refractivity contribution in [3.8, 4) is 0 Å². The van der Waals surface area contributed by atoms with Gasteiger partial charge in [0.1, 0.15) is 22.7 Å². The topological polar surface area (TPSA) is 138 Å². The van der Waals surface area contributed by atoms with Crippen molar-refractivity contribution in [3.63, 3.8) is 0 Å². The highest BCUT2D eigenvalue weighted by atomic mass is 19.1. The second-order valence-electron chi connectivity index (χ2n) is 5.43. The van der Waals surface area contributed by atoms with Crippen molar-refractivity contribution in [1.82, 2.24) is 0 Å². The molecule has 0 atom stereocenters. The molecule has 0 aliphatic carbocycles. The van der Waals surface area contributed by atoms with E-state index < -0.39 is 36.2 Å². The first kappa shape index (κ1) is 20.6. The number of hydrogen-bond donors (Lipinski definition) is 2. The molecule has 0 saturated carbocycles. The Balaban J connectivity index is 2.12. The van der Waals surface area contributed by atoms with Gasteiger partial charge in [0.05, 0.1) is 12.2 Å². The van der Waals surface area contributed by atoms with Crippen LogP contribution < -0.4 is 11.1 Å². The van der Waals surface area contributed by atoms with Gasteiger partial charge in [-0.15, -0.1) is 0 Å². The van der Waals surface area contributed by atoms with E-state index in [4.69, 9.17) is 19.6 Å². The highest BCUT2D eigenvalue weighted by Gasteiger charge is 2.29. The predicted octanol–water partition coefficient (Wildman–Crippen LogP) is 1.80. The molecule has 0 bridgehead atoms. The van der Waals surface area contributed by atoms with Gasteiger partial charge in [-0.1, -0.05) is 12.1 Å². The number of halogens is 1. The van der Waals surface area contributed by atoms with Crippen LogP contribution in [-0.2, 0) is 14.3 Å². The lowest BCUT2D eigenvalue weighted by atomic mass is 10.1. The van der Waals surface area contributed by atoms with Gasteiger partial charge < -0.3 is 19.6 Å². The molecule has 148 valence electrons. The van der Waals surface area contributed by atoms with Crippen molar-refractivity contribution < 1.29 is 37.5 Å². The molecule has 2 rings (SSSR count). The number of nitrogens with one attached hydrogen (secondary N) is 1. The van der Waals surface area contributed by atoms with Crippen molar-refractivity contribution in [2.24, 2.45) is 5.73 Å². The third kappa shape index (κ3) is 4.53. The molecule has 0 radical (unpaired) electrons. The number of primary amides is 1. The Morgan fingerprint density at radius 1 is 1.11 bits per heavy atom. The molecule has 0 aliphatic rings. The number of carbonyl (C=O) groups excluding carboxylic acids is 4. The fraction of sp³-hybridized carbons (Fsp3) is 0.222. The number of anilines is 1. The number of furan rings is 1. The van der Waals surface area contributed by atoms with E-state index in [-0.39, 0.29) is 34.9 Å². The molecule has 1 aromatic heterocycles. The Bertz CT molecular complexity index is 936. The molecular weight excluding hydrogens is 375 g/mol. The van der Waals surface area contributed by atoms with Crippen LogP contribution in [0.4, 0.5) is 10.3 Å². The van der Waals surface area contributed by atoms with Crippen LogP contribution in [0.5, 0.6) is 0 Å². The SMILES string of the molecule is CCOC(=O)c1c(C)oc(NC(=O)COC(=O)c2ccccc2F)c1C(N)=O. The lowest BCUT2D eigenvalue weighted by Crippen LogP contribution is -2.24. The number of aryl methyl sites for hydroxylation is 1. The van der Waals surface area contributed by atoms with Gasteiger partial charge >= 0.3 is 11.9 Å². The molecular formula is C18H17FN2O7. The third-order valence-electron chi connectivity index (χ3n) is 3.49. The maximum absolute atomic E-state index is 13.5. The number of esters is 2. The Morgan fingerprint density at radius 3 is 2.39 bits per heavy atom. The van der Waals surface area contributed by atoms with Crippen LogP contribution in [0.15, 0.2) is 28.7 Å². The highest BCUT2D eigenvalue weighted by molar-refractivity contribution is 6.10. The average Bonchev–Trinajstić information content (AvgIpc) is 2.96. The average molecular weight is 392 g/mol. The second-order valence-corrected chi connectivity index (χ2v) is 5.43. The van der Waals surface area contributed by atoms with Gasteiger partial charge in [-0.25, -0.2) is 14.0 Å². The maximum Gasteiger partial charge on any atom is 0.342 e. The fourth-order valence-corrected chi connectivity index (χ4v) is 2.32. The number of rotatable bonds is 7. The molecule has 2 amide bonds. The Morgan fingerprint density at radius 2 is 1.79 bits per heavy atom.